The van der Waals surface area contributed by atoms with Gasteiger partial charge in [0.25, 0.3) is 0 Å². The standard InChI is InChI=1S/C11H18N4O4S/c1-8-7-19-9(6-16)5-15(8)20(17,18)10-3-13-11(12-2)14-4-10/h3-4,8-9,16H,5-7H2,1-2H3,(H,12,13,14). The lowest BCUT2D eigenvalue weighted by Gasteiger charge is -2.36. The number of morpholine rings is 1. The van der Waals surface area contributed by atoms with Gasteiger partial charge in [0.05, 0.1) is 31.7 Å². The molecule has 20 heavy (non-hydrogen) atoms. The number of nitrogens with one attached hydrogen (secondary N) is 1. The van der Waals surface area contributed by atoms with Crippen LogP contribution in [0.15, 0.2) is 17.3 Å². The third kappa shape index (κ3) is 2.90. The number of rotatable bonds is 4. The van der Waals surface area contributed by atoms with Crippen molar-refractivity contribution >= 4 is 16.0 Å². The number of ether oxygens (including phenoxy) is 1. The van der Waals surface area contributed by atoms with E-state index in [-0.39, 0.29) is 30.7 Å². The van der Waals surface area contributed by atoms with Crippen LogP contribution in [-0.4, -0.2) is 66.7 Å². The van der Waals surface area contributed by atoms with E-state index in [9.17, 15) is 8.42 Å². The Balaban J connectivity index is 2.27. The molecule has 1 aliphatic rings. The predicted molar refractivity (Wildman–Crippen MR) is 71.8 cm³/mol. The van der Waals surface area contributed by atoms with Crippen molar-refractivity contribution in [3.8, 4) is 0 Å². The molecule has 0 amide bonds. The highest BCUT2D eigenvalue weighted by Gasteiger charge is 2.35. The van der Waals surface area contributed by atoms with Gasteiger partial charge in [-0.1, -0.05) is 0 Å². The van der Waals surface area contributed by atoms with E-state index in [0.717, 1.165) is 0 Å². The second kappa shape index (κ2) is 6.00. The molecule has 112 valence electrons. The van der Waals surface area contributed by atoms with Gasteiger partial charge in [-0.15, -0.1) is 0 Å². The van der Waals surface area contributed by atoms with Crippen molar-refractivity contribution in [3.63, 3.8) is 0 Å². The van der Waals surface area contributed by atoms with Gasteiger partial charge in [-0.05, 0) is 6.92 Å². The molecule has 1 fully saturated rings. The van der Waals surface area contributed by atoms with Crippen LogP contribution in [0.3, 0.4) is 0 Å². The molecule has 1 aromatic rings. The predicted octanol–water partition coefficient (Wildman–Crippen LogP) is -0.711. The van der Waals surface area contributed by atoms with Gasteiger partial charge >= 0.3 is 0 Å². The first-order chi connectivity index (χ1) is 9.48. The van der Waals surface area contributed by atoms with Crippen molar-refractivity contribution in [1.29, 1.82) is 0 Å². The smallest absolute Gasteiger partial charge is 0.246 e. The monoisotopic (exact) mass is 302 g/mol. The minimum absolute atomic E-state index is 0.0296. The molecule has 2 rings (SSSR count). The van der Waals surface area contributed by atoms with Gasteiger partial charge in [0, 0.05) is 19.6 Å². The van der Waals surface area contributed by atoms with Crippen LogP contribution in [0.2, 0.25) is 0 Å². The Hall–Kier alpha value is -1.29. The van der Waals surface area contributed by atoms with Crippen molar-refractivity contribution in [2.24, 2.45) is 0 Å². The molecule has 2 heterocycles. The molecule has 1 aliphatic heterocycles. The van der Waals surface area contributed by atoms with Gasteiger partial charge in [0.1, 0.15) is 4.90 Å². The normalized spacial score (nSPS) is 24.6. The minimum Gasteiger partial charge on any atom is -0.394 e. The Kier molecular flexibility index (Phi) is 4.53. The largest absolute Gasteiger partial charge is 0.394 e. The number of aromatic nitrogens is 2. The summed E-state index contributed by atoms with van der Waals surface area (Å²) in [6.07, 6.45) is 2.03. The van der Waals surface area contributed by atoms with E-state index < -0.39 is 16.1 Å². The maximum atomic E-state index is 12.5. The number of sulfonamides is 1. The van der Waals surface area contributed by atoms with E-state index in [2.05, 4.69) is 15.3 Å². The number of aliphatic hydroxyl groups is 1. The molecule has 1 saturated heterocycles. The molecule has 2 unspecified atom stereocenters. The molecular weight excluding hydrogens is 284 g/mol. The van der Waals surface area contributed by atoms with Crippen LogP contribution in [-0.2, 0) is 14.8 Å². The molecule has 0 aliphatic carbocycles. The van der Waals surface area contributed by atoms with E-state index >= 15 is 0 Å². The van der Waals surface area contributed by atoms with E-state index in [1.807, 2.05) is 0 Å². The Labute approximate surface area is 117 Å². The van der Waals surface area contributed by atoms with Gasteiger partial charge in [-0.2, -0.15) is 4.31 Å². The third-order valence-corrected chi connectivity index (χ3v) is 5.04. The Morgan fingerprint density at radius 2 is 2.15 bits per heavy atom. The molecule has 0 spiro atoms. The summed E-state index contributed by atoms with van der Waals surface area (Å²) in [7, 11) is -2.04. The lowest BCUT2D eigenvalue weighted by atomic mass is 10.2. The zero-order chi connectivity index (χ0) is 14.8. The van der Waals surface area contributed by atoms with Gasteiger partial charge in [-0.3, -0.25) is 0 Å². The second-order valence-electron chi connectivity index (χ2n) is 4.55. The SMILES string of the molecule is CNc1ncc(S(=O)(=O)N2CC(CO)OCC2C)cn1. The topological polar surface area (TPSA) is 105 Å². The van der Waals surface area contributed by atoms with Crippen LogP contribution in [0, 0.1) is 0 Å². The summed E-state index contributed by atoms with van der Waals surface area (Å²) in [5, 5.41) is 11.8. The highest BCUT2D eigenvalue weighted by Crippen LogP contribution is 2.21. The lowest BCUT2D eigenvalue weighted by Crippen LogP contribution is -2.51. The number of hydrogen-bond donors (Lipinski definition) is 2. The summed E-state index contributed by atoms with van der Waals surface area (Å²) < 4.78 is 31.7. The lowest BCUT2D eigenvalue weighted by molar-refractivity contribution is -0.0516. The molecule has 0 bridgehead atoms. The Bertz CT molecular complexity index is 548. The highest BCUT2D eigenvalue weighted by molar-refractivity contribution is 7.89. The molecular formula is C11H18N4O4S. The number of nitrogens with zero attached hydrogens (tertiary/aromatic N) is 3. The Morgan fingerprint density at radius 1 is 1.50 bits per heavy atom. The van der Waals surface area contributed by atoms with E-state index in [0.29, 0.717) is 5.95 Å². The fraction of sp³-hybridized carbons (Fsp3) is 0.636. The van der Waals surface area contributed by atoms with Crippen molar-refractivity contribution in [2.45, 2.75) is 24.0 Å². The molecule has 0 saturated carbocycles. The number of aliphatic hydroxyl groups excluding tert-OH is 1. The zero-order valence-electron chi connectivity index (χ0n) is 11.4. The summed E-state index contributed by atoms with van der Waals surface area (Å²) in [6, 6.07) is -0.299. The van der Waals surface area contributed by atoms with Crippen LogP contribution in [0.5, 0.6) is 0 Å². The molecule has 1 aromatic heterocycles. The fourth-order valence-electron chi connectivity index (χ4n) is 1.95. The van der Waals surface area contributed by atoms with E-state index in [1.54, 1.807) is 14.0 Å². The van der Waals surface area contributed by atoms with Crippen LogP contribution < -0.4 is 5.32 Å². The van der Waals surface area contributed by atoms with Gasteiger partial charge in [-0.25, -0.2) is 18.4 Å². The maximum Gasteiger partial charge on any atom is 0.246 e. The van der Waals surface area contributed by atoms with Gasteiger partial charge in [0.15, 0.2) is 0 Å². The summed E-state index contributed by atoms with van der Waals surface area (Å²) in [5.41, 5.74) is 0. The molecule has 0 radical (unpaired) electrons. The first-order valence-corrected chi connectivity index (χ1v) is 7.67. The molecule has 0 aromatic carbocycles. The fourth-order valence-corrected chi connectivity index (χ4v) is 3.49. The van der Waals surface area contributed by atoms with Gasteiger partial charge in [0.2, 0.25) is 16.0 Å². The number of anilines is 1. The molecule has 2 N–H and O–H groups in total. The molecule has 8 nitrogen and oxygen atoms in total. The van der Waals surface area contributed by atoms with Gasteiger partial charge < -0.3 is 15.2 Å². The zero-order valence-corrected chi connectivity index (χ0v) is 12.2. The first kappa shape index (κ1) is 15.1. The van der Waals surface area contributed by atoms with Crippen LogP contribution in [0.25, 0.3) is 0 Å². The minimum atomic E-state index is -3.69. The van der Waals surface area contributed by atoms with E-state index in [4.69, 9.17) is 9.84 Å². The summed E-state index contributed by atoms with van der Waals surface area (Å²) in [6.45, 7) is 1.91. The van der Waals surface area contributed by atoms with Crippen LogP contribution in [0.1, 0.15) is 6.92 Å². The van der Waals surface area contributed by atoms with Crippen molar-refractivity contribution < 1.29 is 18.3 Å². The molecule has 9 heteroatoms. The summed E-state index contributed by atoms with van der Waals surface area (Å²) in [4.78, 5) is 7.86. The highest BCUT2D eigenvalue weighted by atomic mass is 32.2. The summed E-state index contributed by atoms with van der Waals surface area (Å²) in [5.74, 6) is 0.354. The quantitative estimate of drug-likeness (QED) is 0.757. The first-order valence-electron chi connectivity index (χ1n) is 6.23. The third-order valence-electron chi connectivity index (χ3n) is 3.11. The summed E-state index contributed by atoms with van der Waals surface area (Å²) >= 11 is 0. The van der Waals surface area contributed by atoms with E-state index in [1.165, 1.54) is 16.7 Å². The maximum absolute atomic E-state index is 12.5. The molecule has 2 atom stereocenters. The second-order valence-corrected chi connectivity index (χ2v) is 6.44. The van der Waals surface area contributed by atoms with Crippen molar-refractivity contribution in [2.75, 3.05) is 32.1 Å². The number of hydrogen-bond acceptors (Lipinski definition) is 7. The Morgan fingerprint density at radius 3 is 2.70 bits per heavy atom. The van der Waals surface area contributed by atoms with Crippen molar-refractivity contribution in [1.82, 2.24) is 14.3 Å². The van der Waals surface area contributed by atoms with Crippen molar-refractivity contribution in [3.05, 3.63) is 12.4 Å². The van der Waals surface area contributed by atoms with Crippen LogP contribution >= 0.6 is 0 Å². The average molecular weight is 302 g/mol. The average Bonchev–Trinajstić information content (AvgIpc) is 2.47. The van der Waals surface area contributed by atoms with Crippen LogP contribution in [0.4, 0.5) is 5.95 Å².